The summed E-state index contributed by atoms with van der Waals surface area (Å²) in [5.41, 5.74) is 0. The highest BCUT2D eigenvalue weighted by Crippen LogP contribution is 2.20. The highest BCUT2D eigenvalue weighted by molar-refractivity contribution is 7.99. The Morgan fingerprint density at radius 2 is 2.10 bits per heavy atom. The van der Waals surface area contributed by atoms with Crippen LogP contribution in [-0.4, -0.2) is 67.2 Å². The van der Waals surface area contributed by atoms with Crippen LogP contribution in [0.1, 0.15) is 25.3 Å². The van der Waals surface area contributed by atoms with Crippen molar-refractivity contribution in [3.8, 4) is 0 Å². The van der Waals surface area contributed by atoms with E-state index < -0.39 is 0 Å². The number of morpholine rings is 1. The Kier molecular flexibility index (Phi) is 6.01. The van der Waals surface area contributed by atoms with Crippen LogP contribution in [0.5, 0.6) is 0 Å². The number of amides is 1. The third-order valence-electron chi connectivity index (χ3n) is 3.51. The minimum absolute atomic E-state index is 0.0910. The van der Waals surface area contributed by atoms with Gasteiger partial charge in [0.05, 0.1) is 33.1 Å². The largest absolute Gasteiger partial charge is 0.410 e. The van der Waals surface area contributed by atoms with Gasteiger partial charge in [0, 0.05) is 19.5 Å². The van der Waals surface area contributed by atoms with Crippen molar-refractivity contribution < 1.29 is 18.8 Å². The van der Waals surface area contributed by atoms with Gasteiger partial charge < -0.3 is 19.0 Å². The van der Waals surface area contributed by atoms with Crippen molar-refractivity contribution in [2.45, 2.75) is 24.6 Å². The van der Waals surface area contributed by atoms with Gasteiger partial charge in [0.25, 0.3) is 11.1 Å². The number of nitrogens with one attached hydrogen (secondary N) is 1. The van der Waals surface area contributed by atoms with Crippen molar-refractivity contribution in [2.24, 2.45) is 0 Å². The zero-order valence-electron chi connectivity index (χ0n) is 12.8. The highest BCUT2D eigenvalue weighted by atomic mass is 32.2. The number of hydrogen-bond donors (Lipinski definition) is 1. The lowest BCUT2D eigenvalue weighted by Gasteiger charge is -2.26. The number of thioether (sulfide) groups is 1. The van der Waals surface area contributed by atoms with E-state index in [0.717, 1.165) is 6.42 Å². The predicted octanol–water partition coefficient (Wildman–Crippen LogP) is -0.384. The van der Waals surface area contributed by atoms with E-state index in [9.17, 15) is 4.79 Å². The van der Waals surface area contributed by atoms with Crippen molar-refractivity contribution in [1.82, 2.24) is 15.1 Å². The first kappa shape index (κ1) is 16.3. The molecule has 1 aliphatic heterocycles. The van der Waals surface area contributed by atoms with Gasteiger partial charge in [0.1, 0.15) is 0 Å². The van der Waals surface area contributed by atoms with Gasteiger partial charge in [-0.25, -0.2) is 0 Å². The van der Waals surface area contributed by atoms with E-state index in [2.05, 4.69) is 31.2 Å². The maximum atomic E-state index is 12.0. The fourth-order valence-electron chi connectivity index (χ4n) is 2.28. The number of carbonyl (C=O) groups excluding carboxylic acids is 1. The Hall–Kier alpha value is -1.12. The molecular weight excluding hydrogens is 292 g/mol. The lowest BCUT2D eigenvalue weighted by atomic mass is 10.2. The molecule has 1 aliphatic rings. The standard InChI is InChI=1S/C13H22N4O3S/c1-4-10(16(2)3)12-14-15-13(20-12)21-9-11(18)17-5-7-19-8-6-17/h10H,4-9H2,1-3H3/p+1/t10-/m0/s1. The van der Waals surface area contributed by atoms with Gasteiger partial charge in [-0.2, -0.15) is 0 Å². The molecule has 0 radical (unpaired) electrons. The van der Waals surface area contributed by atoms with Crippen molar-refractivity contribution in [2.75, 3.05) is 46.2 Å². The van der Waals surface area contributed by atoms with E-state index in [0.29, 0.717) is 43.2 Å². The molecule has 0 unspecified atom stereocenters. The third-order valence-corrected chi connectivity index (χ3v) is 4.31. The summed E-state index contributed by atoms with van der Waals surface area (Å²) in [6.45, 7) is 4.65. The first-order valence-electron chi connectivity index (χ1n) is 7.23. The van der Waals surface area contributed by atoms with E-state index in [1.54, 1.807) is 0 Å². The van der Waals surface area contributed by atoms with E-state index in [-0.39, 0.29) is 11.9 Å². The van der Waals surface area contributed by atoms with E-state index >= 15 is 0 Å². The summed E-state index contributed by atoms with van der Waals surface area (Å²) in [4.78, 5) is 15.1. The molecule has 0 spiro atoms. The zero-order chi connectivity index (χ0) is 15.2. The van der Waals surface area contributed by atoms with Gasteiger partial charge in [-0.05, 0) is 0 Å². The van der Waals surface area contributed by atoms with Crippen LogP contribution in [0.3, 0.4) is 0 Å². The predicted molar refractivity (Wildman–Crippen MR) is 78.3 cm³/mol. The molecule has 1 aromatic heterocycles. The number of hydrogen-bond acceptors (Lipinski definition) is 6. The van der Waals surface area contributed by atoms with Gasteiger partial charge in [-0.1, -0.05) is 18.7 Å². The molecule has 0 aliphatic carbocycles. The Labute approximate surface area is 129 Å². The summed E-state index contributed by atoms with van der Waals surface area (Å²) >= 11 is 1.30. The molecule has 1 aromatic rings. The zero-order valence-corrected chi connectivity index (χ0v) is 13.6. The van der Waals surface area contributed by atoms with Crippen molar-refractivity contribution >= 4 is 17.7 Å². The molecule has 1 fully saturated rings. The fourth-order valence-corrected chi connectivity index (χ4v) is 2.95. The van der Waals surface area contributed by atoms with Gasteiger partial charge in [0.15, 0.2) is 6.04 Å². The topological polar surface area (TPSA) is 72.9 Å². The number of rotatable bonds is 6. The Bertz CT molecular complexity index is 460. The number of aromatic nitrogens is 2. The van der Waals surface area contributed by atoms with Crippen LogP contribution in [0.15, 0.2) is 9.64 Å². The van der Waals surface area contributed by atoms with E-state index in [4.69, 9.17) is 9.15 Å². The third kappa shape index (κ3) is 4.42. The fraction of sp³-hybridized carbons (Fsp3) is 0.769. The second-order valence-electron chi connectivity index (χ2n) is 5.23. The molecule has 7 nitrogen and oxygen atoms in total. The first-order chi connectivity index (χ1) is 10.1. The molecule has 1 atom stereocenters. The molecule has 8 heteroatoms. The lowest BCUT2D eigenvalue weighted by Crippen LogP contribution is -3.06. The molecule has 1 saturated heterocycles. The van der Waals surface area contributed by atoms with Crippen LogP contribution in [0.4, 0.5) is 0 Å². The maximum Gasteiger partial charge on any atom is 0.277 e. The molecule has 2 rings (SSSR count). The average molecular weight is 315 g/mol. The number of nitrogens with zero attached hydrogens (tertiary/aromatic N) is 3. The molecular formula is C13H23N4O3S+. The van der Waals surface area contributed by atoms with Crippen molar-refractivity contribution in [3.63, 3.8) is 0 Å². The molecule has 0 saturated carbocycles. The number of ether oxygens (including phenoxy) is 1. The average Bonchev–Trinajstić information content (AvgIpc) is 2.94. The summed E-state index contributed by atoms with van der Waals surface area (Å²) in [7, 11) is 4.13. The van der Waals surface area contributed by atoms with Crippen LogP contribution < -0.4 is 4.90 Å². The van der Waals surface area contributed by atoms with Crippen molar-refractivity contribution in [1.29, 1.82) is 0 Å². The van der Waals surface area contributed by atoms with Gasteiger partial charge in [-0.3, -0.25) is 4.79 Å². The van der Waals surface area contributed by atoms with Crippen LogP contribution in [0, 0.1) is 0 Å². The summed E-state index contributed by atoms with van der Waals surface area (Å²) in [5.74, 6) is 1.06. The van der Waals surface area contributed by atoms with E-state index in [1.165, 1.54) is 16.7 Å². The minimum atomic E-state index is 0.0910. The van der Waals surface area contributed by atoms with Crippen LogP contribution in [-0.2, 0) is 9.53 Å². The lowest BCUT2D eigenvalue weighted by molar-refractivity contribution is -0.894. The molecule has 0 bridgehead atoms. The molecule has 1 N–H and O–H groups in total. The van der Waals surface area contributed by atoms with E-state index in [1.807, 2.05) is 4.90 Å². The van der Waals surface area contributed by atoms with Gasteiger partial charge in [0.2, 0.25) is 5.91 Å². The number of quaternary nitrogens is 1. The SMILES string of the molecule is CC[C@@H](c1nnc(SCC(=O)N2CCOCC2)o1)[NH+](C)C. The second kappa shape index (κ2) is 7.77. The summed E-state index contributed by atoms with van der Waals surface area (Å²) in [6.07, 6.45) is 0.932. The number of carbonyl (C=O) groups is 1. The summed E-state index contributed by atoms with van der Waals surface area (Å²) in [6, 6.07) is 0.196. The smallest absolute Gasteiger partial charge is 0.277 e. The van der Waals surface area contributed by atoms with Crippen LogP contribution in [0.2, 0.25) is 0 Å². The van der Waals surface area contributed by atoms with Crippen molar-refractivity contribution in [3.05, 3.63) is 5.89 Å². The van der Waals surface area contributed by atoms with Gasteiger partial charge in [-0.15, -0.1) is 10.2 Å². The molecule has 0 aromatic carbocycles. The second-order valence-corrected chi connectivity index (χ2v) is 6.15. The van der Waals surface area contributed by atoms with Gasteiger partial charge >= 0.3 is 0 Å². The minimum Gasteiger partial charge on any atom is -0.410 e. The first-order valence-corrected chi connectivity index (χ1v) is 8.22. The van der Waals surface area contributed by atoms with Crippen LogP contribution >= 0.6 is 11.8 Å². The molecule has 118 valence electrons. The maximum absolute atomic E-state index is 12.0. The molecule has 1 amide bonds. The Morgan fingerprint density at radius 1 is 1.38 bits per heavy atom. The van der Waals surface area contributed by atoms with Crippen LogP contribution in [0.25, 0.3) is 0 Å². The summed E-state index contributed by atoms with van der Waals surface area (Å²) in [5, 5.41) is 8.58. The summed E-state index contributed by atoms with van der Waals surface area (Å²) < 4.78 is 10.9. The highest BCUT2D eigenvalue weighted by Gasteiger charge is 2.23. The molecule has 21 heavy (non-hydrogen) atoms. The monoisotopic (exact) mass is 315 g/mol. The normalized spacial score (nSPS) is 17.2. The Morgan fingerprint density at radius 3 is 2.71 bits per heavy atom. The quantitative estimate of drug-likeness (QED) is 0.721. The Balaban J connectivity index is 1.86. The molecule has 2 heterocycles.